The predicted octanol–water partition coefficient (Wildman–Crippen LogP) is 0.0170. The highest BCUT2D eigenvalue weighted by molar-refractivity contribution is 7.89. The van der Waals surface area contributed by atoms with Crippen molar-refractivity contribution in [1.29, 1.82) is 0 Å². The molecule has 0 atom stereocenters. The van der Waals surface area contributed by atoms with Crippen molar-refractivity contribution in [2.24, 2.45) is 0 Å². The molecule has 1 aliphatic heterocycles. The Balaban J connectivity index is 2.16. The summed E-state index contributed by atoms with van der Waals surface area (Å²) >= 11 is 11.7. The molecule has 2 N–H and O–H groups in total. The van der Waals surface area contributed by atoms with Crippen molar-refractivity contribution in [2.75, 3.05) is 33.2 Å². The Hall–Kier alpha value is -0.370. The van der Waals surface area contributed by atoms with Gasteiger partial charge in [-0.15, -0.1) is 4.83 Å². The second kappa shape index (κ2) is 5.95. The molecule has 0 amide bonds. The summed E-state index contributed by atoms with van der Waals surface area (Å²) < 4.78 is 24.5. The van der Waals surface area contributed by atoms with E-state index in [4.69, 9.17) is 23.2 Å². The molecule has 0 saturated carbocycles. The third-order valence-corrected chi connectivity index (χ3v) is 5.14. The lowest BCUT2D eigenvalue weighted by Crippen LogP contribution is -3.12. The molecule has 5 nitrogen and oxygen atoms in total. The molecular formula is C11H16Cl2N3O2S+. The number of piperazine rings is 1. The topological polar surface area (TPSA) is 53.9 Å². The summed E-state index contributed by atoms with van der Waals surface area (Å²) in [7, 11) is -1.60. The molecule has 1 heterocycles. The molecule has 1 aromatic carbocycles. The van der Waals surface area contributed by atoms with Gasteiger partial charge in [-0.05, 0) is 18.2 Å². The van der Waals surface area contributed by atoms with E-state index in [0.717, 1.165) is 13.1 Å². The summed E-state index contributed by atoms with van der Waals surface area (Å²) in [5, 5.41) is 2.20. The summed E-state index contributed by atoms with van der Waals surface area (Å²) in [6.07, 6.45) is 0. The molecule has 0 radical (unpaired) electrons. The van der Waals surface area contributed by atoms with Gasteiger partial charge in [0.2, 0.25) is 0 Å². The number of hydrazine groups is 1. The summed E-state index contributed by atoms with van der Waals surface area (Å²) in [4.78, 5) is 3.94. The van der Waals surface area contributed by atoms with Crippen LogP contribution in [-0.4, -0.2) is 46.7 Å². The molecule has 1 aliphatic rings. The van der Waals surface area contributed by atoms with Crippen LogP contribution >= 0.6 is 23.2 Å². The molecule has 1 fully saturated rings. The van der Waals surface area contributed by atoms with Crippen LogP contribution in [0.15, 0.2) is 23.1 Å². The van der Waals surface area contributed by atoms with Gasteiger partial charge >= 0.3 is 0 Å². The second-order valence-electron chi connectivity index (χ2n) is 4.61. The van der Waals surface area contributed by atoms with E-state index in [0.29, 0.717) is 18.1 Å². The maximum Gasteiger partial charge on any atom is 0.254 e. The van der Waals surface area contributed by atoms with E-state index in [1.165, 1.54) is 17.0 Å². The summed E-state index contributed by atoms with van der Waals surface area (Å²) in [5.41, 5.74) is 0. The van der Waals surface area contributed by atoms with Gasteiger partial charge in [-0.1, -0.05) is 23.2 Å². The largest absolute Gasteiger partial charge is 0.335 e. The quantitative estimate of drug-likeness (QED) is 0.824. The number of sulfonamides is 1. The lowest BCUT2D eigenvalue weighted by Gasteiger charge is -2.29. The molecule has 19 heavy (non-hydrogen) atoms. The first-order chi connectivity index (χ1) is 8.88. The highest BCUT2D eigenvalue weighted by atomic mass is 35.5. The molecule has 0 bridgehead atoms. The molecule has 106 valence electrons. The normalized spacial score (nSPS) is 18.7. The highest BCUT2D eigenvalue weighted by Gasteiger charge is 2.24. The van der Waals surface area contributed by atoms with Crippen LogP contribution < -0.4 is 9.73 Å². The summed E-state index contributed by atoms with van der Waals surface area (Å²) in [6.45, 7) is 3.13. The first-order valence-electron chi connectivity index (χ1n) is 5.92. The maximum absolute atomic E-state index is 12.3. The second-order valence-corrected chi connectivity index (χ2v) is 7.09. The Kier molecular flexibility index (Phi) is 4.70. The number of quaternary nitrogens is 1. The van der Waals surface area contributed by atoms with Gasteiger partial charge < -0.3 is 4.90 Å². The Morgan fingerprint density at radius 2 is 1.89 bits per heavy atom. The van der Waals surface area contributed by atoms with Crippen molar-refractivity contribution in [2.45, 2.75) is 4.90 Å². The molecule has 0 aliphatic carbocycles. The van der Waals surface area contributed by atoms with Crippen molar-refractivity contribution < 1.29 is 13.3 Å². The van der Waals surface area contributed by atoms with Crippen LogP contribution in [0.5, 0.6) is 0 Å². The van der Waals surface area contributed by atoms with Gasteiger partial charge in [-0.25, -0.2) is 13.4 Å². The average Bonchev–Trinajstić information content (AvgIpc) is 2.35. The number of halogens is 2. The van der Waals surface area contributed by atoms with Crippen molar-refractivity contribution in [3.63, 3.8) is 0 Å². The number of likely N-dealkylation sites (N-methyl/N-ethyl adjacent to an activating group) is 1. The van der Waals surface area contributed by atoms with Crippen molar-refractivity contribution >= 4 is 33.2 Å². The molecule has 1 saturated heterocycles. The van der Waals surface area contributed by atoms with E-state index in [1.54, 1.807) is 11.1 Å². The Morgan fingerprint density at radius 3 is 2.53 bits per heavy atom. The fourth-order valence-corrected chi connectivity index (χ4v) is 3.77. The first-order valence-corrected chi connectivity index (χ1v) is 8.16. The van der Waals surface area contributed by atoms with Crippen molar-refractivity contribution in [3.8, 4) is 0 Å². The van der Waals surface area contributed by atoms with E-state index in [9.17, 15) is 8.42 Å². The minimum absolute atomic E-state index is 0.00735. The van der Waals surface area contributed by atoms with Gasteiger partial charge in [0.25, 0.3) is 10.0 Å². The predicted molar refractivity (Wildman–Crippen MR) is 75.0 cm³/mol. The zero-order valence-electron chi connectivity index (χ0n) is 10.5. The van der Waals surface area contributed by atoms with E-state index < -0.39 is 10.0 Å². The van der Waals surface area contributed by atoms with Crippen LogP contribution in [0, 0.1) is 0 Å². The number of benzene rings is 1. The van der Waals surface area contributed by atoms with Crippen LogP contribution in [0.4, 0.5) is 0 Å². The summed E-state index contributed by atoms with van der Waals surface area (Å²) in [5.74, 6) is 0. The molecule has 0 spiro atoms. The Labute approximate surface area is 123 Å². The number of nitrogens with one attached hydrogen (secondary N) is 2. The smallest absolute Gasteiger partial charge is 0.254 e. The van der Waals surface area contributed by atoms with Gasteiger partial charge in [0.15, 0.2) is 0 Å². The molecule has 0 aromatic heterocycles. The minimum atomic E-state index is -3.68. The van der Waals surface area contributed by atoms with Crippen LogP contribution in [0.2, 0.25) is 10.0 Å². The van der Waals surface area contributed by atoms with E-state index in [1.807, 2.05) is 0 Å². The number of hydrogen-bond donors (Lipinski definition) is 2. The average molecular weight is 325 g/mol. The molecular weight excluding hydrogens is 309 g/mol. The standard InChI is InChI=1S/C11H15Cl2N3O2S/c1-15-4-6-16(7-5-15)14-19(17,18)11-8-9(12)2-3-10(11)13/h2-3,8,14H,4-7H2,1H3/p+1. The van der Waals surface area contributed by atoms with Crippen molar-refractivity contribution in [3.05, 3.63) is 28.2 Å². The molecule has 0 unspecified atom stereocenters. The van der Waals surface area contributed by atoms with Crippen LogP contribution in [0.25, 0.3) is 0 Å². The maximum atomic E-state index is 12.3. The number of hydrogen-bond acceptors (Lipinski definition) is 3. The van der Waals surface area contributed by atoms with Gasteiger partial charge in [0.05, 0.1) is 38.2 Å². The highest BCUT2D eigenvalue weighted by Crippen LogP contribution is 2.24. The first kappa shape index (κ1) is 15.0. The number of rotatable bonds is 3. The fraction of sp³-hybridized carbons (Fsp3) is 0.455. The van der Waals surface area contributed by atoms with E-state index in [-0.39, 0.29) is 9.92 Å². The van der Waals surface area contributed by atoms with Crippen LogP contribution in [-0.2, 0) is 10.0 Å². The van der Waals surface area contributed by atoms with Crippen LogP contribution in [0.1, 0.15) is 0 Å². The van der Waals surface area contributed by atoms with E-state index >= 15 is 0 Å². The Morgan fingerprint density at radius 1 is 1.26 bits per heavy atom. The van der Waals surface area contributed by atoms with Gasteiger partial charge in [0, 0.05) is 5.02 Å². The van der Waals surface area contributed by atoms with Gasteiger partial charge in [-0.2, -0.15) is 0 Å². The van der Waals surface area contributed by atoms with Gasteiger partial charge in [0.1, 0.15) is 4.90 Å². The van der Waals surface area contributed by atoms with Crippen molar-refractivity contribution in [1.82, 2.24) is 9.84 Å². The minimum Gasteiger partial charge on any atom is -0.335 e. The lowest BCUT2D eigenvalue weighted by molar-refractivity contribution is -0.884. The molecule has 2 rings (SSSR count). The monoisotopic (exact) mass is 324 g/mol. The Bertz CT molecular complexity index is 557. The van der Waals surface area contributed by atoms with E-state index in [2.05, 4.69) is 11.9 Å². The fourth-order valence-electron chi connectivity index (χ4n) is 1.88. The third-order valence-electron chi connectivity index (χ3n) is 3.05. The third kappa shape index (κ3) is 3.81. The zero-order chi connectivity index (χ0) is 14.0. The molecule has 8 heteroatoms. The lowest BCUT2D eigenvalue weighted by atomic mass is 10.4. The SMILES string of the molecule is C[NH+]1CCN(NS(=O)(=O)c2cc(Cl)ccc2Cl)CC1. The number of nitrogens with zero attached hydrogens (tertiary/aromatic N) is 1. The van der Waals surface area contributed by atoms with Crippen LogP contribution in [0.3, 0.4) is 0 Å². The molecule has 1 aromatic rings. The van der Waals surface area contributed by atoms with Gasteiger partial charge in [-0.3, -0.25) is 0 Å². The zero-order valence-corrected chi connectivity index (χ0v) is 12.8. The summed E-state index contributed by atoms with van der Waals surface area (Å²) in [6, 6.07) is 4.39.